The van der Waals surface area contributed by atoms with Gasteiger partial charge < -0.3 is 0 Å². The van der Waals surface area contributed by atoms with Gasteiger partial charge in [0.1, 0.15) is 0 Å². The molecular formula is C5H8Cl2O2P+. The van der Waals surface area contributed by atoms with Crippen molar-refractivity contribution >= 4 is 35.2 Å². The average molecular weight is 202 g/mol. The summed E-state index contributed by atoms with van der Waals surface area (Å²) in [5, 5.41) is -0.402. The number of carbonyl (C=O) groups excluding carboxylic acids is 1. The van der Waals surface area contributed by atoms with Crippen LogP contribution in [0.15, 0.2) is 0 Å². The maximum absolute atomic E-state index is 10.4. The first-order valence-electron chi connectivity index (χ1n) is 2.81. The van der Waals surface area contributed by atoms with Crippen LogP contribution in [0.1, 0.15) is 13.3 Å². The first kappa shape index (κ1) is 10.3. The van der Waals surface area contributed by atoms with E-state index in [1.165, 1.54) is 0 Å². The SMILES string of the molecule is CC(CC(=O)Cl)C[P+](=O)Cl. The number of hydrogen-bond acceptors (Lipinski definition) is 2. The molecule has 58 valence electrons. The Bertz CT molecular complexity index is 133. The third-order valence-electron chi connectivity index (χ3n) is 0.964. The lowest BCUT2D eigenvalue weighted by Crippen LogP contribution is -2.01. The fourth-order valence-electron chi connectivity index (χ4n) is 0.584. The Morgan fingerprint density at radius 3 is 2.50 bits per heavy atom. The first-order valence-corrected chi connectivity index (χ1v) is 5.54. The molecule has 0 radical (unpaired) electrons. The maximum Gasteiger partial charge on any atom is 0.455 e. The summed E-state index contributed by atoms with van der Waals surface area (Å²) >= 11 is 10.3. The summed E-state index contributed by atoms with van der Waals surface area (Å²) in [4.78, 5) is 10.3. The Morgan fingerprint density at radius 1 is 1.70 bits per heavy atom. The van der Waals surface area contributed by atoms with E-state index in [-0.39, 0.29) is 12.3 Å². The lowest BCUT2D eigenvalue weighted by molar-refractivity contribution is -0.112. The topological polar surface area (TPSA) is 34.1 Å². The van der Waals surface area contributed by atoms with E-state index in [0.29, 0.717) is 6.16 Å². The first-order chi connectivity index (χ1) is 4.52. The molecule has 2 atom stereocenters. The van der Waals surface area contributed by atoms with Gasteiger partial charge in [-0.2, -0.15) is 0 Å². The number of carbonyl (C=O) groups is 1. The van der Waals surface area contributed by atoms with Crippen LogP contribution in [0.4, 0.5) is 0 Å². The molecule has 0 fully saturated rings. The average Bonchev–Trinajstić information content (AvgIpc) is 1.58. The molecule has 0 aromatic heterocycles. The van der Waals surface area contributed by atoms with E-state index in [9.17, 15) is 9.36 Å². The van der Waals surface area contributed by atoms with Gasteiger partial charge in [0.05, 0.1) is 0 Å². The normalized spacial score (nSPS) is 14.5. The number of rotatable bonds is 4. The third kappa shape index (κ3) is 6.47. The second-order valence-electron chi connectivity index (χ2n) is 2.16. The molecule has 0 heterocycles. The van der Waals surface area contributed by atoms with E-state index in [1.807, 2.05) is 0 Å². The van der Waals surface area contributed by atoms with Crippen LogP contribution in [0.5, 0.6) is 0 Å². The van der Waals surface area contributed by atoms with E-state index in [0.717, 1.165) is 0 Å². The molecule has 0 spiro atoms. The van der Waals surface area contributed by atoms with Crippen molar-refractivity contribution in [1.82, 2.24) is 0 Å². The Morgan fingerprint density at radius 2 is 2.20 bits per heavy atom. The third-order valence-corrected chi connectivity index (χ3v) is 2.44. The molecule has 5 heteroatoms. The zero-order valence-electron chi connectivity index (χ0n) is 5.51. The van der Waals surface area contributed by atoms with Gasteiger partial charge in [-0.3, -0.25) is 4.79 Å². The van der Waals surface area contributed by atoms with E-state index in [1.54, 1.807) is 6.92 Å². The van der Waals surface area contributed by atoms with Gasteiger partial charge in [-0.1, -0.05) is 11.5 Å². The molecule has 10 heavy (non-hydrogen) atoms. The van der Waals surface area contributed by atoms with Crippen LogP contribution in [0.2, 0.25) is 0 Å². The monoisotopic (exact) mass is 201 g/mol. The van der Waals surface area contributed by atoms with Gasteiger partial charge >= 0.3 is 7.15 Å². The molecule has 0 bridgehead atoms. The Hall–Kier alpha value is 0.350. The molecule has 0 N–H and O–H groups in total. The summed E-state index contributed by atoms with van der Waals surface area (Å²) in [6.07, 6.45) is 0.602. The highest BCUT2D eigenvalue weighted by Gasteiger charge is 2.18. The lowest BCUT2D eigenvalue weighted by atomic mass is 10.1. The molecule has 2 unspecified atom stereocenters. The molecule has 0 saturated carbocycles. The van der Waals surface area contributed by atoms with E-state index in [4.69, 9.17) is 22.8 Å². The van der Waals surface area contributed by atoms with Crippen molar-refractivity contribution < 1.29 is 9.36 Å². The van der Waals surface area contributed by atoms with Gasteiger partial charge in [-0.25, -0.2) is 0 Å². The highest BCUT2D eigenvalue weighted by Crippen LogP contribution is 2.30. The van der Waals surface area contributed by atoms with Crippen LogP contribution >= 0.6 is 30.0 Å². The van der Waals surface area contributed by atoms with Crippen molar-refractivity contribution in [1.29, 1.82) is 0 Å². The Balaban J connectivity index is 3.53. The summed E-state index contributed by atoms with van der Waals surface area (Å²) in [5.41, 5.74) is 0. The van der Waals surface area contributed by atoms with Gasteiger partial charge in [0, 0.05) is 12.3 Å². The highest BCUT2D eigenvalue weighted by atomic mass is 35.7. The highest BCUT2D eigenvalue weighted by molar-refractivity contribution is 7.73. The zero-order chi connectivity index (χ0) is 8.15. The molecule has 0 aliphatic carbocycles. The lowest BCUT2D eigenvalue weighted by Gasteiger charge is -1.96. The minimum absolute atomic E-state index is 0.0195. The molecule has 0 rings (SSSR count). The van der Waals surface area contributed by atoms with E-state index >= 15 is 0 Å². The van der Waals surface area contributed by atoms with Gasteiger partial charge in [-0.05, 0) is 11.6 Å². The van der Waals surface area contributed by atoms with Crippen molar-refractivity contribution in [2.24, 2.45) is 5.92 Å². The Kier molecular flexibility index (Phi) is 5.24. The molecular weight excluding hydrogens is 194 g/mol. The molecule has 0 aliphatic heterocycles. The maximum atomic E-state index is 10.4. The molecule has 0 aliphatic rings. The van der Waals surface area contributed by atoms with E-state index in [2.05, 4.69) is 0 Å². The summed E-state index contributed by atoms with van der Waals surface area (Å²) in [6.45, 7) is 1.79. The van der Waals surface area contributed by atoms with Crippen LogP contribution in [-0.4, -0.2) is 11.4 Å². The number of halogens is 2. The van der Waals surface area contributed by atoms with Gasteiger partial charge in [0.2, 0.25) is 16.5 Å². The fourth-order valence-corrected chi connectivity index (χ4v) is 2.17. The smallest absolute Gasteiger partial charge is 0.281 e. The summed E-state index contributed by atoms with van der Waals surface area (Å²) in [6, 6.07) is 0. The van der Waals surface area contributed by atoms with Crippen molar-refractivity contribution in [2.75, 3.05) is 6.16 Å². The van der Waals surface area contributed by atoms with Crippen molar-refractivity contribution in [3.05, 3.63) is 0 Å². The molecule has 2 nitrogen and oxygen atoms in total. The predicted molar refractivity (Wildman–Crippen MR) is 43.0 cm³/mol. The number of hydrogen-bond donors (Lipinski definition) is 0. The van der Waals surface area contributed by atoms with Gasteiger partial charge in [0.25, 0.3) is 0 Å². The molecule has 0 saturated heterocycles. The van der Waals surface area contributed by atoms with Crippen LogP contribution in [0.25, 0.3) is 0 Å². The van der Waals surface area contributed by atoms with Crippen LogP contribution in [0.3, 0.4) is 0 Å². The zero-order valence-corrected chi connectivity index (χ0v) is 7.92. The Labute approximate surface area is 70.5 Å². The minimum atomic E-state index is -1.66. The van der Waals surface area contributed by atoms with Crippen molar-refractivity contribution in [3.63, 3.8) is 0 Å². The van der Waals surface area contributed by atoms with Crippen molar-refractivity contribution in [3.8, 4) is 0 Å². The second-order valence-corrected chi connectivity index (χ2v) is 4.72. The summed E-state index contributed by atoms with van der Waals surface area (Å²) in [7, 11) is -1.66. The standard InChI is InChI=1S/C5H8Cl2O2P/c1-4(2-5(6)8)3-10(7)9/h4H,2-3H2,1H3/q+1. The van der Waals surface area contributed by atoms with Crippen LogP contribution < -0.4 is 0 Å². The van der Waals surface area contributed by atoms with Gasteiger partial charge in [0.15, 0.2) is 6.16 Å². The van der Waals surface area contributed by atoms with Crippen LogP contribution in [-0.2, 0) is 9.36 Å². The molecule has 0 aromatic rings. The second kappa shape index (κ2) is 5.06. The molecule has 0 amide bonds. The summed E-state index contributed by atoms with van der Waals surface area (Å²) < 4.78 is 10.4. The summed E-state index contributed by atoms with van der Waals surface area (Å²) in [5.74, 6) is 0.0195. The van der Waals surface area contributed by atoms with Crippen LogP contribution in [0, 0.1) is 5.92 Å². The fraction of sp³-hybridized carbons (Fsp3) is 0.800. The quantitative estimate of drug-likeness (QED) is 0.518. The predicted octanol–water partition coefficient (Wildman–Crippen LogP) is 2.76. The van der Waals surface area contributed by atoms with E-state index < -0.39 is 12.4 Å². The van der Waals surface area contributed by atoms with Gasteiger partial charge in [-0.15, -0.1) is 0 Å². The van der Waals surface area contributed by atoms with Crippen molar-refractivity contribution in [2.45, 2.75) is 13.3 Å². The largest absolute Gasteiger partial charge is 0.455 e. The molecule has 0 aromatic carbocycles. The minimum Gasteiger partial charge on any atom is -0.281 e.